The monoisotopic (exact) mass is 215 g/mol. The molecule has 1 rings (SSSR count). The standard InChI is InChI=1S/C12H25NO2/c1-15-9-5-4-8-13-10-11-6-2-3-7-12(11)14/h11-14H,2-10H2,1H3. The van der Waals surface area contributed by atoms with Crippen molar-refractivity contribution in [3.8, 4) is 0 Å². The van der Waals surface area contributed by atoms with Crippen LogP contribution in [0.15, 0.2) is 0 Å². The van der Waals surface area contributed by atoms with Crippen molar-refractivity contribution < 1.29 is 9.84 Å². The van der Waals surface area contributed by atoms with Crippen LogP contribution in [0.5, 0.6) is 0 Å². The number of hydrogen-bond acceptors (Lipinski definition) is 3. The molecular weight excluding hydrogens is 190 g/mol. The number of unbranched alkanes of at least 4 members (excludes halogenated alkanes) is 1. The van der Waals surface area contributed by atoms with E-state index in [-0.39, 0.29) is 6.10 Å². The second-order valence-corrected chi connectivity index (χ2v) is 4.52. The van der Waals surface area contributed by atoms with Crippen molar-refractivity contribution in [3.05, 3.63) is 0 Å². The highest BCUT2D eigenvalue weighted by molar-refractivity contribution is 4.75. The second-order valence-electron chi connectivity index (χ2n) is 4.52. The average molecular weight is 215 g/mol. The van der Waals surface area contributed by atoms with Crippen LogP contribution >= 0.6 is 0 Å². The molecule has 3 heteroatoms. The van der Waals surface area contributed by atoms with E-state index >= 15 is 0 Å². The molecule has 1 fully saturated rings. The molecule has 15 heavy (non-hydrogen) atoms. The van der Waals surface area contributed by atoms with E-state index in [2.05, 4.69) is 5.32 Å². The summed E-state index contributed by atoms with van der Waals surface area (Å²) in [6.45, 7) is 2.88. The van der Waals surface area contributed by atoms with Gasteiger partial charge < -0.3 is 15.2 Å². The maximum atomic E-state index is 9.75. The fourth-order valence-electron chi connectivity index (χ4n) is 2.21. The Bertz CT molecular complexity index is 153. The second kappa shape index (κ2) is 8.08. The first kappa shape index (κ1) is 12.9. The maximum absolute atomic E-state index is 9.75. The molecule has 1 aliphatic rings. The highest BCUT2D eigenvalue weighted by Gasteiger charge is 2.21. The average Bonchev–Trinajstić information content (AvgIpc) is 2.25. The minimum atomic E-state index is -0.0646. The summed E-state index contributed by atoms with van der Waals surface area (Å²) >= 11 is 0. The Morgan fingerprint density at radius 2 is 2.07 bits per heavy atom. The highest BCUT2D eigenvalue weighted by Crippen LogP contribution is 2.23. The third-order valence-electron chi connectivity index (χ3n) is 3.23. The van der Waals surface area contributed by atoms with Gasteiger partial charge in [-0.2, -0.15) is 0 Å². The molecule has 0 spiro atoms. The van der Waals surface area contributed by atoms with Gasteiger partial charge >= 0.3 is 0 Å². The first-order valence-corrected chi connectivity index (χ1v) is 6.22. The molecule has 0 aromatic rings. The van der Waals surface area contributed by atoms with Gasteiger partial charge in [-0.1, -0.05) is 12.8 Å². The van der Waals surface area contributed by atoms with Crippen LogP contribution in [-0.2, 0) is 4.74 Å². The van der Waals surface area contributed by atoms with Crippen molar-refractivity contribution in [2.75, 3.05) is 26.8 Å². The minimum Gasteiger partial charge on any atom is -0.393 e. The van der Waals surface area contributed by atoms with Gasteiger partial charge in [-0.25, -0.2) is 0 Å². The topological polar surface area (TPSA) is 41.5 Å². The first-order chi connectivity index (χ1) is 7.34. The number of methoxy groups -OCH3 is 1. The highest BCUT2D eigenvalue weighted by atomic mass is 16.5. The molecule has 2 N–H and O–H groups in total. The summed E-state index contributed by atoms with van der Waals surface area (Å²) in [5.41, 5.74) is 0. The summed E-state index contributed by atoms with van der Waals surface area (Å²) < 4.78 is 4.99. The Hall–Kier alpha value is -0.120. The van der Waals surface area contributed by atoms with E-state index in [1.807, 2.05) is 0 Å². The quantitative estimate of drug-likeness (QED) is 0.633. The molecule has 0 heterocycles. The number of aliphatic hydroxyl groups is 1. The van der Waals surface area contributed by atoms with Crippen LogP contribution in [0.2, 0.25) is 0 Å². The molecular formula is C12H25NO2. The molecule has 1 aliphatic carbocycles. The van der Waals surface area contributed by atoms with Crippen LogP contribution < -0.4 is 5.32 Å². The van der Waals surface area contributed by atoms with Gasteiger partial charge in [-0.15, -0.1) is 0 Å². The van der Waals surface area contributed by atoms with Crippen molar-refractivity contribution in [2.24, 2.45) is 5.92 Å². The van der Waals surface area contributed by atoms with Crippen molar-refractivity contribution in [1.82, 2.24) is 5.32 Å². The van der Waals surface area contributed by atoms with Crippen molar-refractivity contribution in [2.45, 2.75) is 44.6 Å². The molecule has 90 valence electrons. The summed E-state index contributed by atoms with van der Waals surface area (Å²) in [5.74, 6) is 0.487. The third-order valence-corrected chi connectivity index (χ3v) is 3.23. The molecule has 0 radical (unpaired) electrons. The van der Waals surface area contributed by atoms with Crippen molar-refractivity contribution in [3.63, 3.8) is 0 Å². The van der Waals surface area contributed by atoms with Gasteiger partial charge in [0.15, 0.2) is 0 Å². The summed E-state index contributed by atoms with van der Waals surface area (Å²) in [6, 6.07) is 0. The minimum absolute atomic E-state index is 0.0646. The number of ether oxygens (including phenoxy) is 1. The molecule has 3 nitrogen and oxygen atoms in total. The van der Waals surface area contributed by atoms with Gasteiger partial charge in [-0.3, -0.25) is 0 Å². The molecule has 2 unspecified atom stereocenters. The van der Waals surface area contributed by atoms with E-state index < -0.39 is 0 Å². The Morgan fingerprint density at radius 3 is 2.80 bits per heavy atom. The van der Waals surface area contributed by atoms with Crippen LogP contribution in [0, 0.1) is 5.92 Å². The molecule has 0 aliphatic heterocycles. The normalized spacial score (nSPS) is 26.8. The van der Waals surface area contributed by atoms with E-state index in [1.165, 1.54) is 19.3 Å². The smallest absolute Gasteiger partial charge is 0.0580 e. The number of nitrogens with one attached hydrogen (secondary N) is 1. The lowest BCUT2D eigenvalue weighted by Gasteiger charge is -2.27. The number of hydrogen-bond donors (Lipinski definition) is 2. The maximum Gasteiger partial charge on any atom is 0.0580 e. The lowest BCUT2D eigenvalue weighted by atomic mass is 9.86. The predicted molar refractivity (Wildman–Crippen MR) is 61.9 cm³/mol. The van der Waals surface area contributed by atoms with E-state index in [9.17, 15) is 5.11 Å². The van der Waals surface area contributed by atoms with E-state index in [0.717, 1.165) is 39.0 Å². The fourth-order valence-corrected chi connectivity index (χ4v) is 2.21. The zero-order valence-electron chi connectivity index (χ0n) is 9.87. The van der Waals surface area contributed by atoms with Gasteiger partial charge in [0.05, 0.1) is 6.10 Å². The Balaban J connectivity index is 1.94. The van der Waals surface area contributed by atoms with Crippen molar-refractivity contribution >= 4 is 0 Å². The third kappa shape index (κ3) is 5.50. The van der Waals surface area contributed by atoms with Crippen molar-refractivity contribution in [1.29, 1.82) is 0 Å². The van der Waals surface area contributed by atoms with E-state index in [0.29, 0.717) is 5.92 Å². The Kier molecular flexibility index (Phi) is 6.98. The van der Waals surface area contributed by atoms with Crippen LogP contribution in [-0.4, -0.2) is 38.0 Å². The summed E-state index contributed by atoms with van der Waals surface area (Å²) in [4.78, 5) is 0. The van der Waals surface area contributed by atoms with Gasteiger partial charge in [0.25, 0.3) is 0 Å². The Labute approximate surface area is 93.2 Å². The zero-order chi connectivity index (χ0) is 10.9. The first-order valence-electron chi connectivity index (χ1n) is 6.22. The molecule has 0 saturated heterocycles. The molecule has 2 atom stereocenters. The van der Waals surface area contributed by atoms with Crippen LogP contribution in [0.4, 0.5) is 0 Å². The molecule has 0 amide bonds. The number of rotatable bonds is 7. The lowest BCUT2D eigenvalue weighted by Crippen LogP contribution is -2.34. The van der Waals surface area contributed by atoms with Gasteiger partial charge in [0.1, 0.15) is 0 Å². The fraction of sp³-hybridized carbons (Fsp3) is 1.00. The molecule has 0 aromatic carbocycles. The predicted octanol–water partition coefficient (Wildman–Crippen LogP) is 1.55. The zero-order valence-corrected chi connectivity index (χ0v) is 9.87. The van der Waals surface area contributed by atoms with Crippen LogP contribution in [0.3, 0.4) is 0 Å². The molecule has 1 saturated carbocycles. The van der Waals surface area contributed by atoms with Crippen LogP contribution in [0.25, 0.3) is 0 Å². The molecule has 0 aromatic heterocycles. The van der Waals surface area contributed by atoms with Gasteiger partial charge in [-0.05, 0) is 38.1 Å². The van der Waals surface area contributed by atoms with Gasteiger partial charge in [0.2, 0.25) is 0 Å². The van der Waals surface area contributed by atoms with Gasteiger partial charge in [0, 0.05) is 20.3 Å². The summed E-state index contributed by atoms with van der Waals surface area (Å²) in [7, 11) is 1.74. The Morgan fingerprint density at radius 1 is 1.27 bits per heavy atom. The number of aliphatic hydroxyl groups excluding tert-OH is 1. The lowest BCUT2D eigenvalue weighted by molar-refractivity contribution is 0.0696. The summed E-state index contributed by atoms with van der Waals surface area (Å²) in [6.07, 6.45) is 6.89. The largest absolute Gasteiger partial charge is 0.393 e. The summed E-state index contributed by atoms with van der Waals surface area (Å²) in [5, 5.41) is 13.2. The van der Waals surface area contributed by atoms with Crippen LogP contribution in [0.1, 0.15) is 38.5 Å². The van der Waals surface area contributed by atoms with E-state index in [4.69, 9.17) is 4.74 Å². The van der Waals surface area contributed by atoms with E-state index in [1.54, 1.807) is 7.11 Å². The SMILES string of the molecule is COCCCCNCC1CCCCC1O. The molecule has 0 bridgehead atoms.